The highest BCUT2D eigenvalue weighted by Crippen LogP contribution is 2.16. The van der Waals surface area contributed by atoms with Gasteiger partial charge < -0.3 is 15.1 Å². The van der Waals surface area contributed by atoms with E-state index in [1.54, 1.807) is 4.90 Å². The van der Waals surface area contributed by atoms with Crippen molar-refractivity contribution in [1.29, 1.82) is 0 Å². The van der Waals surface area contributed by atoms with Crippen LogP contribution in [-0.4, -0.2) is 84.9 Å². The van der Waals surface area contributed by atoms with Gasteiger partial charge in [0, 0.05) is 63.8 Å². The van der Waals surface area contributed by atoms with E-state index in [2.05, 4.69) is 17.1 Å². The summed E-state index contributed by atoms with van der Waals surface area (Å²) in [6.07, 6.45) is 3.96. The van der Waals surface area contributed by atoms with Crippen molar-refractivity contribution in [1.82, 2.24) is 20.0 Å². The Balaban J connectivity index is 1.62. The molecule has 2 saturated heterocycles. The lowest BCUT2D eigenvalue weighted by atomic mass is 10.0. The number of nitrogens with zero attached hydrogens (tertiary/aromatic N) is 3. The summed E-state index contributed by atoms with van der Waals surface area (Å²) in [5.74, 6) is -0.401. The first-order valence-electron chi connectivity index (χ1n) is 10.8. The first-order chi connectivity index (χ1) is 14.0. The standard InChI is InChI=1S/C22H33FN4O2/c1-18-4-2-3-12-25(18)16-17-27(22(29)19-5-7-20(23)8-6-19)13-9-21(28)26-14-10-24-11-15-26/h5-8,18,24H,2-4,9-17H2,1H3/t18-/m0/s1. The van der Waals surface area contributed by atoms with Gasteiger partial charge >= 0.3 is 0 Å². The third-order valence-corrected chi connectivity index (χ3v) is 6.04. The number of hydrogen-bond donors (Lipinski definition) is 1. The Hall–Kier alpha value is -1.99. The smallest absolute Gasteiger partial charge is 0.253 e. The molecule has 2 aliphatic rings. The fourth-order valence-electron chi connectivity index (χ4n) is 4.13. The zero-order valence-corrected chi connectivity index (χ0v) is 17.4. The Bertz CT molecular complexity index is 676. The van der Waals surface area contributed by atoms with E-state index < -0.39 is 0 Å². The van der Waals surface area contributed by atoms with Gasteiger partial charge in [-0.2, -0.15) is 0 Å². The minimum Gasteiger partial charge on any atom is -0.340 e. The van der Waals surface area contributed by atoms with Crippen LogP contribution in [0.15, 0.2) is 24.3 Å². The van der Waals surface area contributed by atoms with Gasteiger partial charge in [0.1, 0.15) is 5.82 Å². The minimum atomic E-state index is -0.357. The number of piperidine rings is 1. The number of nitrogens with one attached hydrogen (secondary N) is 1. The Morgan fingerprint density at radius 3 is 2.52 bits per heavy atom. The van der Waals surface area contributed by atoms with E-state index in [0.717, 1.165) is 39.3 Å². The molecular weight excluding hydrogens is 371 g/mol. The summed E-state index contributed by atoms with van der Waals surface area (Å²) < 4.78 is 13.3. The lowest BCUT2D eigenvalue weighted by Crippen LogP contribution is -2.48. The summed E-state index contributed by atoms with van der Waals surface area (Å²) in [4.78, 5) is 31.7. The van der Waals surface area contributed by atoms with Gasteiger partial charge in [0.25, 0.3) is 5.91 Å². The summed E-state index contributed by atoms with van der Waals surface area (Å²) in [7, 11) is 0. The van der Waals surface area contributed by atoms with Crippen molar-refractivity contribution < 1.29 is 14.0 Å². The lowest BCUT2D eigenvalue weighted by molar-refractivity contribution is -0.131. The Labute approximate surface area is 173 Å². The van der Waals surface area contributed by atoms with E-state index in [1.165, 1.54) is 43.5 Å². The number of carbonyl (C=O) groups is 2. The van der Waals surface area contributed by atoms with Crippen LogP contribution >= 0.6 is 0 Å². The number of amides is 2. The fraction of sp³-hybridized carbons (Fsp3) is 0.636. The predicted octanol–water partition coefficient (Wildman–Crippen LogP) is 1.96. The van der Waals surface area contributed by atoms with Gasteiger partial charge in [-0.3, -0.25) is 14.5 Å². The van der Waals surface area contributed by atoms with Crippen molar-refractivity contribution in [3.05, 3.63) is 35.6 Å². The molecule has 2 amide bonds. The van der Waals surface area contributed by atoms with Crippen molar-refractivity contribution in [2.45, 2.75) is 38.6 Å². The van der Waals surface area contributed by atoms with E-state index in [1.807, 2.05) is 4.90 Å². The maximum atomic E-state index is 13.3. The van der Waals surface area contributed by atoms with Crippen LogP contribution in [-0.2, 0) is 4.79 Å². The van der Waals surface area contributed by atoms with E-state index in [9.17, 15) is 14.0 Å². The largest absolute Gasteiger partial charge is 0.340 e. The normalized spacial score (nSPS) is 20.5. The van der Waals surface area contributed by atoms with Gasteiger partial charge in [0.05, 0.1) is 0 Å². The van der Waals surface area contributed by atoms with Crippen molar-refractivity contribution in [3.63, 3.8) is 0 Å². The van der Waals surface area contributed by atoms with Crippen molar-refractivity contribution in [2.75, 3.05) is 52.4 Å². The second kappa shape index (κ2) is 10.7. The molecule has 1 atom stereocenters. The molecule has 1 aromatic carbocycles. The zero-order chi connectivity index (χ0) is 20.6. The summed E-state index contributed by atoms with van der Waals surface area (Å²) in [6.45, 7) is 8.13. The minimum absolute atomic E-state index is 0.0924. The summed E-state index contributed by atoms with van der Waals surface area (Å²) in [5.41, 5.74) is 0.465. The predicted molar refractivity (Wildman–Crippen MR) is 111 cm³/mol. The molecule has 29 heavy (non-hydrogen) atoms. The number of benzene rings is 1. The molecular formula is C22H33FN4O2. The molecule has 2 aliphatic heterocycles. The molecule has 0 spiro atoms. The van der Waals surface area contributed by atoms with Crippen molar-refractivity contribution >= 4 is 11.8 Å². The van der Waals surface area contributed by atoms with Crippen molar-refractivity contribution in [3.8, 4) is 0 Å². The molecule has 0 aromatic heterocycles. The topological polar surface area (TPSA) is 55.9 Å². The van der Waals surface area contributed by atoms with Crippen LogP contribution in [0.1, 0.15) is 43.0 Å². The molecule has 6 nitrogen and oxygen atoms in total. The average Bonchev–Trinajstić information content (AvgIpc) is 2.75. The highest BCUT2D eigenvalue weighted by atomic mass is 19.1. The number of carbonyl (C=O) groups excluding carboxylic acids is 2. The molecule has 0 aliphatic carbocycles. The third kappa shape index (κ3) is 6.24. The summed E-state index contributed by atoms with van der Waals surface area (Å²) >= 11 is 0. The van der Waals surface area contributed by atoms with Gasteiger partial charge in [-0.15, -0.1) is 0 Å². The van der Waals surface area contributed by atoms with Crippen molar-refractivity contribution in [2.24, 2.45) is 0 Å². The number of halogens is 1. The summed E-state index contributed by atoms with van der Waals surface area (Å²) in [6, 6.07) is 6.18. The maximum absolute atomic E-state index is 13.3. The molecule has 160 valence electrons. The Morgan fingerprint density at radius 2 is 1.83 bits per heavy atom. The first kappa shape index (κ1) is 21.7. The van der Waals surface area contributed by atoms with Gasteiger partial charge in [-0.25, -0.2) is 4.39 Å². The molecule has 2 heterocycles. The van der Waals surface area contributed by atoms with Gasteiger partial charge in [-0.1, -0.05) is 6.42 Å². The van der Waals surface area contributed by atoms with Crippen LogP contribution < -0.4 is 5.32 Å². The molecule has 1 N–H and O–H groups in total. The van der Waals surface area contributed by atoms with Crippen LogP contribution in [0.4, 0.5) is 4.39 Å². The Morgan fingerprint density at radius 1 is 1.10 bits per heavy atom. The molecule has 3 rings (SSSR count). The lowest BCUT2D eigenvalue weighted by Gasteiger charge is -2.35. The molecule has 0 unspecified atom stereocenters. The Kier molecular flexibility index (Phi) is 8.00. The molecule has 1 aromatic rings. The number of likely N-dealkylation sites (tertiary alicyclic amines) is 1. The number of hydrogen-bond acceptors (Lipinski definition) is 4. The van der Waals surface area contributed by atoms with E-state index in [0.29, 0.717) is 31.1 Å². The van der Waals surface area contributed by atoms with Crippen LogP contribution in [0.25, 0.3) is 0 Å². The molecule has 0 radical (unpaired) electrons. The fourth-order valence-corrected chi connectivity index (χ4v) is 4.13. The average molecular weight is 405 g/mol. The maximum Gasteiger partial charge on any atom is 0.253 e. The summed E-state index contributed by atoms with van der Waals surface area (Å²) in [5, 5.41) is 3.24. The molecule has 0 saturated carbocycles. The quantitative estimate of drug-likeness (QED) is 0.755. The number of rotatable bonds is 7. The van der Waals surface area contributed by atoms with Crippen LogP contribution in [0.5, 0.6) is 0 Å². The van der Waals surface area contributed by atoms with Gasteiger partial charge in [0.15, 0.2) is 0 Å². The van der Waals surface area contributed by atoms with Crippen LogP contribution in [0.2, 0.25) is 0 Å². The van der Waals surface area contributed by atoms with E-state index in [-0.39, 0.29) is 17.6 Å². The van der Waals surface area contributed by atoms with Crippen LogP contribution in [0, 0.1) is 5.82 Å². The third-order valence-electron chi connectivity index (χ3n) is 6.04. The zero-order valence-electron chi connectivity index (χ0n) is 17.4. The second-order valence-corrected chi connectivity index (χ2v) is 8.06. The van der Waals surface area contributed by atoms with Gasteiger partial charge in [0.2, 0.25) is 5.91 Å². The highest BCUT2D eigenvalue weighted by Gasteiger charge is 2.23. The van der Waals surface area contributed by atoms with E-state index in [4.69, 9.17) is 0 Å². The molecule has 0 bridgehead atoms. The second-order valence-electron chi connectivity index (χ2n) is 8.06. The van der Waals surface area contributed by atoms with Gasteiger partial charge in [-0.05, 0) is 50.6 Å². The first-order valence-corrected chi connectivity index (χ1v) is 10.8. The monoisotopic (exact) mass is 404 g/mol. The number of piperazine rings is 1. The molecule has 2 fully saturated rings. The molecule has 7 heteroatoms. The van der Waals surface area contributed by atoms with Crippen LogP contribution in [0.3, 0.4) is 0 Å². The highest BCUT2D eigenvalue weighted by molar-refractivity contribution is 5.94. The SMILES string of the molecule is C[C@H]1CCCCN1CCN(CCC(=O)N1CCNCC1)C(=O)c1ccc(F)cc1. The van der Waals surface area contributed by atoms with E-state index >= 15 is 0 Å².